The Morgan fingerprint density at radius 1 is 0.469 bits per heavy atom. The van der Waals surface area contributed by atoms with E-state index in [9.17, 15) is 0 Å². The molecule has 0 bridgehead atoms. The van der Waals surface area contributed by atoms with Crippen molar-refractivity contribution in [3.8, 4) is 0 Å². The van der Waals surface area contributed by atoms with E-state index >= 15 is 0 Å². The first-order valence-corrected chi connectivity index (χ1v) is 32.0. The Labute approximate surface area is 211 Å². The summed E-state index contributed by atoms with van der Waals surface area (Å²) in [6.07, 6.45) is 0. The van der Waals surface area contributed by atoms with Gasteiger partial charge in [-0.1, -0.05) is 0 Å². The van der Waals surface area contributed by atoms with Crippen LogP contribution in [0.15, 0.2) is 60.7 Å². The van der Waals surface area contributed by atoms with E-state index in [1.165, 1.54) is 19.3 Å². The number of benzene rings is 2. The van der Waals surface area contributed by atoms with E-state index in [4.69, 9.17) is 0 Å². The van der Waals surface area contributed by atoms with Gasteiger partial charge in [-0.3, -0.25) is 0 Å². The molecule has 176 valence electrons. The third-order valence-electron chi connectivity index (χ3n) is 5.94. The van der Waals surface area contributed by atoms with Crippen molar-refractivity contribution < 1.29 is 0 Å². The van der Waals surface area contributed by atoms with Gasteiger partial charge in [0.25, 0.3) is 0 Å². The first-order valence-electron chi connectivity index (χ1n) is 11.9. The van der Waals surface area contributed by atoms with E-state index in [0.717, 1.165) is 0 Å². The first-order chi connectivity index (χ1) is 14.8. The Hall–Kier alpha value is 0.344. The quantitative estimate of drug-likeness (QED) is 0.463. The number of hydrogen-bond acceptors (Lipinski definition) is 2. The van der Waals surface area contributed by atoms with Crippen molar-refractivity contribution in [2.24, 2.45) is 0 Å². The minimum atomic E-state index is -1.47. The third kappa shape index (κ3) is 8.23. The van der Waals surface area contributed by atoms with Gasteiger partial charge in [-0.25, -0.2) is 0 Å². The Bertz CT molecular complexity index is 771. The molecule has 3 rings (SSSR count). The molecular formula is C24H44As2N2Si4. The predicted octanol–water partition coefficient (Wildman–Crippen LogP) is 4.96. The standard InChI is InChI=1S/C24H44As2N2Si4/c1-29(2)19-25(23-15-11-9-12-16-23)20-31(5,6)28-32(7,8)22-26(21-30(3,4)27-29)24-17-13-10-14-18-24/h9-18,27-28H,19-22H2,1-8H3. The molecule has 0 unspecified atom stereocenters. The zero-order valence-electron chi connectivity index (χ0n) is 21.5. The van der Waals surface area contributed by atoms with Gasteiger partial charge in [-0.2, -0.15) is 0 Å². The number of hydrogen-bond donors (Lipinski definition) is 2. The summed E-state index contributed by atoms with van der Waals surface area (Å²) in [7, 11) is -5.88. The van der Waals surface area contributed by atoms with E-state index in [-0.39, 0.29) is 0 Å². The van der Waals surface area contributed by atoms with Crippen LogP contribution in [0, 0.1) is 0 Å². The van der Waals surface area contributed by atoms with Gasteiger partial charge in [0.15, 0.2) is 0 Å². The van der Waals surface area contributed by atoms with Crippen LogP contribution in [0.25, 0.3) is 0 Å². The molecule has 2 nitrogen and oxygen atoms in total. The summed E-state index contributed by atoms with van der Waals surface area (Å²) < 4.78 is 12.3. The van der Waals surface area contributed by atoms with Crippen molar-refractivity contribution >= 4 is 70.9 Å². The van der Waals surface area contributed by atoms with E-state index in [0.29, 0.717) is 0 Å². The fourth-order valence-electron chi connectivity index (χ4n) is 5.65. The summed E-state index contributed by atoms with van der Waals surface area (Å²) in [5, 5.41) is 0. The Balaban J connectivity index is 1.99. The average Bonchev–Trinajstić information content (AvgIpc) is 2.65. The number of nitrogens with one attached hydrogen (secondary N) is 2. The molecule has 2 aromatic rings. The fraction of sp³-hybridized carbons (Fsp3) is 0.500. The van der Waals surface area contributed by atoms with Crippen LogP contribution in [0.2, 0.25) is 71.7 Å². The minimum absolute atomic E-state index is 1.11. The Kier molecular flexibility index (Phi) is 8.87. The van der Waals surface area contributed by atoms with Gasteiger partial charge in [-0.05, 0) is 0 Å². The van der Waals surface area contributed by atoms with E-state index in [2.05, 4.69) is 122 Å². The summed E-state index contributed by atoms with van der Waals surface area (Å²) >= 11 is -2.23. The van der Waals surface area contributed by atoms with Gasteiger partial charge in [-0.15, -0.1) is 0 Å². The Morgan fingerprint density at radius 2 is 0.719 bits per heavy atom. The van der Waals surface area contributed by atoms with Gasteiger partial charge in [0.05, 0.1) is 0 Å². The van der Waals surface area contributed by atoms with Gasteiger partial charge in [0, 0.05) is 0 Å². The molecule has 0 atom stereocenters. The summed E-state index contributed by atoms with van der Waals surface area (Å²) in [6, 6.07) is 23.3. The summed E-state index contributed by atoms with van der Waals surface area (Å²) in [4.78, 5) is 6.00. The molecule has 1 fully saturated rings. The fourth-order valence-corrected chi connectivity index (χ4v) is 68.3. The van der Waals surface area contributed by atoms with Crippen molar-refractivity contribution in [2.75, 3.05) is 0 Å². The summed E-state index contributed by atoms with van der Waals surface area (Å²) in [5.74, 6) is 0. The van der Waals surface area contributed by atoms with E-state index in [1.807, 2.05) is 0 Å². The molecule has 1 aliphatic heterocycles. The van der Waals surface area contributed by atoms with Crippen LogP contribution in [-0.2, 0) is 0 Å². The third-order valence-corrected chi connectivity index (χ3v) is 55.3. The van der Waals surface area contributed by atoms with E-state index in [1.54, 1.807) is 8.70 Å². The zero-order valence-corrected chi connectivity index (χ0v) is 29.2. The monoisotopic (exact) mass is 622 g/mol. The van der Waals surface area contributed by atoms with Gasteiger partial charge in [0.1, 0.15) is 0 Å². The van der Waals surface area contributed by atoms with Crippen LogP contribution in [0.4, 0.5) is 0 Å². The molecule has 0 aromatic heterocycles. The van der Waals surface area contributed by atoms with Gasteiger partial charge in [0.2, 0.25) is 0 Å². The van der Waals surface area contributed by atoms with Crippen molar-refractivity contribution in [3.63, 3.8) is 0 Å². The van der Waals surface area contributed by atoms with Gasteiger partial charge >= 0.3 is 213 Å². The van der Waals surface area contributed by atoms with Crippen molar-refractivity contribution in [3.05, 3.63) is 60.7 Å². The molecular weight excluding hydrogens is 578 g/mol. The molecule has 2 N–H and O–H groups in total. The Morgan fingerprint density at radius 3 is 0.969 bits per heavy atom. The number of rotatable bonds is 2. The molecule has 0 aliphatic carbocycles. The van der Waals surface area contributed by atoms with Crippen LogP contribution < -0.4 is 18.0 Å². The predicted molar refractivity (Wildman–Crippen MR) is 159 cm³/mol. The van der Waals surface area contributed by atoms with Crippen molar-refractivity contribution in [2.45, 2.75) is 71.7 Å². The molecule has 1 aliphatic rings. The van der Waals surface area contributed by atoms with Crippen molar-refractivity contribution in [1.29, 1.82) is 0 Å². The first kappa shape index (κ1) is 26.9. The molecule has 0 radical (unpaired) electrons. The second-order valence-corrected chi connectivity index (χ2v) is 45.2. The summed E-state index contributed by atoms with van der Waals surface area (Å²) in [5.41, 5.74) is 0. The topological polar surface area (TPSA) is 24.1 Å². The average molecular weight is 623 g/mol. The molecule has 0 amide bonds. The molecule has 1 saturated heterocycles. The van der Waals surface area contributed by atoms with E-state index < -0.39 is 62.2 Å². The normalized spacial score (nSPS) is 27.6. The second kappa shape index (κ2) is 10.5. The molecule has 1 heterocycles. The van der Waals surface area contributed by atoms with Crippen LogP contribution in [-0.4, -0.2) is 62.2 Å². The summed E-state index contributed by atoms with van der Waals surface area (Å²) in [6.45, 7) is 21.1. The molecule has 8 heteroatoms. The SMILES string of the molecule is C[Si]1(C)C[As](c2ccccc2)C[Si](C)(C)N[Si](C)(C)C[As](c2ccccc2)C[Si](C)(C)N1. The second-order valence-electron chi connectivity index (χ2n) is 12.2. The van der Waals surface area contributed by atoms with Crippen molar-refractivity contribution in [1.82, 2.24) is 9.30 Å². The van der Waals surface area contributed by atoms with Crippen LogP contribution in [0.5, 0.6) is 0 Å². The molecule has 0 spiro atoms. The van der Waals surface area contributed by atoms with Crippen LogP contribution >= 0.6 is 0 Å². The molecule has 0 saturated carbocycles. The van der Waals surface area contributed by atoms with Crippen LogP contribution in [0.3, 0.4) is 0 Å². The maximum atomic E-state index is 4.47. The molecule has 2 aromatic carbocycles. The van der Waals surface area contributed by atoms with Crippen LogP contribution in [0.1, 0.15) is 0 Å². The van der Waals surface area contributed by atoms with Gasteiger partial charge < -0.3 is 0 Å². The zero-order chi connectivity index (χ0) is 23.6. The maximum absolute atomic E-state index is 4.47. The molecule has 32 heavy (non-hydrogen) atoms.